The Balaban J connectivity index is 2.79. The Kier molecular flexibility index (Phi) is 6.62. The average molecular weight is 328 g/mol. The molecule has 7 heteroatoms. The summed E-state index contributed by atoms with van der Waals surface area (Å²) in [5.74, 6) is -3.02. The molecule has 2 amide bonds. The topological polar surface area (TPSA) is 78.4 Å². The van der Waals surface area contributed by atoms with E-state index in [-0.39, 0.29) is 17.4 Å². The van der Waals surface area contributed by atoms with Crippen LogP contribution in [0, 0.1) is 17.6 Å². The molecule has 0 radical (unpaired) electrons. The number of carbonyl (C=O) groups excluding carboxylic acids is 2. The highest BCUT2D eigenvalue weighted by Gasteiger charge is 2.27. The smallest absolute Gasteiger partial charge is 0.243 e. The molecular weight excluding hydrogens is 306 g/mol. The van der Waals surface area contributed by atoms with Crippen LogP contribution in [0.2, 0.25) is 0 Å². The predicted octanol–water partition coefficient (Wildman–Crippen LogP) is 1.66. The number of amides is 2. The van der Waals surface area contributed by atoms with Gasteiger partial charge in [0.2, 0.25) is 11.8 Å². The van der Waals surface area contributed by atoms with Crippen LogP contribution >= 0.6 is 0 Å². The first-order chi connectivity index (χ1) is 10.6. The molecule has 0 aromatic heterocycles. The lowest BCUT2D eigenvalue weighted by atomic mass is 10.0. The molecule has 3 unspecified atom stereocenters. The van der Waals surface area contributed by atoms with Crippen LogP contribution in [0.15, 0.2) is 18.2 Å². The van der Waals surface area contributed by atoms with Gasteiger partial charge in [0.1, 0.15) is 6.04 Å². The van der Waals surface area contributed by atoms with Crippen molar-refractivity contribution in [2.75, 3.05) is 0 Å². The fourth-order valence-electron chi connectivity index (χ4n) is 2.13. The van der Waals surface area contributed by atoms with Gasteiger partial charge in [-0.05, 0) is 30.5 Å². The normalized spacial score (nSPS) is 15.0. The molecule has 0 aliphatic rings. The van der Waals surface area contributed by atoms with Gasteiger partial charge in [-0.1, -0.05) is 19.9 Å². The maximum Gasteiger partial charge on any atom is 0.243 e. The van der Waals surface area contributed by atoms with E-state index in [1.54, 1.807) is 13.8 Å². The molecule has 0 spiro atoms. The largest absolute Gasteiger partial charge is 0.386 e. The summed E-state index contributed by atoms with van der Waals surface area (Å²) in [6.07, 6.45) is -1.21. The van der Waals surface area contributed by atoms with Gasteiger partial charge >= 0.3 is 0 Å². The van der Waals surface area contributed by atoms with E-state index in [1.807, 2.05) is 0 Å². The average Bonchev–Trinajstić information content (AvgIpc) is 2.46. The van der Waals surface area contributed by atoms with E-state index < -0.39 is 35.7 Å². The van der Waals surface area contributed by atoms with Gasteiger partial charge in [-0.15, -0.1) is 0 Å². The van der Waals surface area contributed by atoms with Gasteiger partial charge < -0.3 is 15.7 Å². The van der Waals surface area contributed by atoms with Gasteiger partial charge in [0.25, 0.3) is 0 Å². The quantitative estimate of drug-likeness (QED) is 0.743. The van der Waals surface area contributed by atoms with Crippen molar-refractivity contribution in [1.29, 1.82) is 0 Å². The van der Waals surface area contributed by atoms with Crippen LogP contribution in [-0.4, -0.2) is 29.0 Å². The van der Waals surface area contributed by atoms with Crippen molar-refractivity contribution >= 4 is 11.8 Å². The van der Waals surface area contributed by atoms with Crippen LogP contribution in [-0.2, 0) is 9.59 Å². The lowest BCUT2D eigenvalue weighted by Crippen LogP contribution is -2.52. The summed E-state index contributed by atoms with van der Waals surface area (Å²) >= 11 is 0. The summed E-state index contributed by atoms with van der Waals surface area (Å²) in [6, 6.07) is 1.56. The maximum atomic E-state index is 13.2. The second-order valence-electron chi connectivity index (χ2n) is 5.84. The molecule has 5 nitrogen and oxygen atoms in total. The summed E-state index contributed by atoms with van der Waals surface area (Å²) in [6.45, 7) is 6.39. The third-order valence-corrected chi connectivity index (χ3v) is 3.44. The first kappa shape index (κ1) is 19.0. The van der Waals surface area contributed by atoms with Crippen molar-refractivity contribution in [2.45, 2.75) is 45.9 Å². The number of aliphatic hydroxyl groups is 1. The molecule has 0 heterocycles. The Morgan fingerprint density at radius 2 is 1.70 bits per heavy atom. The first-order valence-electron chi connectivity index (χ1n) is 7.34. The summed E-state index contributed by atoms with van der Waals surface area (Å²) in [7, 11) is 0. The fraction of sp³-hybridized carbons (Fsp3) is 0.500. The van der Waals surface area contributed by atoms with Gasteiger partial charge in [-0.3, -0.25) is 9.59 Å². The maximum absolute atomic E-state index is 13.2. The minimum Gasteiger partial charge on any atom is -0.386 e. The highest BCUT2D eigenvalue weighted by Crippen LogP contribution is 2.19. The Bertz CT molecular complexity index is 578. The zero-order valence-corrected chi connectivity index (χ0v) is 13.6. The summed E-state index contributed by atoms with van der Waals surface area (Å²) in [5.41, 5.74) is 0.150. The zero-order chi connectivity index (χ0) is 17.7. The molecule has 0 bridgehead atoms. The molecule has 3 N–H and O–H groups in total. The third-order valence-electron chi connectivity index (χ3n) is 3.44. The van der Waals surface area contributed by atoms with Crippen LogP contribution < -0.4 is 10.6 Å². The molecule has 1 aromatic carbocycles. The molecule has 1 rings (SSSR count). The van der Waals surface area contributed by atoms with E-state index in [1.165, 1.54) is 19.9 Å². The van der Waals surface area contributed by atoms with Crippen LogP contribution in [0.4, 0.5) is 8.78 Å². The number of nitrogens with one attached hydrogen (secondary N) is 2. The minimum absolute atomic E-state index is 0.147. The molecule has 0 saturated heterocycles. The Morgan fingerprint density at radius 3 is 2.17 bits per heavy atom. The van der Waals surface area contributed by atoms with E-state index in [0.717, 1.165) is 12.1 Å². The van der Waals surface area contributed by atoms with E-state index in [9.17, 15) is 23.5 Å². The highest BCUT2D eigenvalue weighted by molar-refractivity contribution is 5.87. The summed E-state index contributed by atoms with van der Waals surface area (Å²) in [4.78, 5) is 23.4. The minimum atomic E-state index is -1.21. The van der Waals surface area contributed by atoms with Gasteiger partial charge in [-0.2, -0.15) is 0 Å². The number of carbonyl (C=O) groups is 2. The van der Waals surface area contributed by atoms with Crippen LogP contribution in [0.3, 0.4) is 0 Å². The lowest BCUT2D eigenvalue weighted by Gasteiger charge is -2.26. The fourth-order valence-corrected chi connectivity index (χ4v) is 2.13. The van der Waals surface area contributed by atoms with Gasteiger partial charge in [0.15, 0.2) is 11.6 Å². The van der Waals surface area contributed by atoms with Crippen molar-refractivity contribution in [1.82, 2.24) is 10.6 Å². The standard InChI is InChI=1S/C16H22F2N2O3/c1-8(2)14(20-10(4)21)16(23)19-9(3)15(22)11-5-6-12(17)13(18)7-11/h5-9,14-15,22H,1-4H3,(H,19,23)(H,20,21). The monoisotopic (exact) mass is 328 g/mol. The molecule has 128 valence electrons. The molecule has 1 aromatic rings. The molecule has 23 heavy (non-hydrogen) atoms. The summed E-state index contributed by atoms with van der Waals surface area (Å²) < 4.78 is 26.1. The molecule has 0 saturated carbocycles. The molecule has 0 aliphatic heterocycles. The Hall–Kier alpha value is -2.02. The second-order valence-corrected chi connectivity index (χ2v) is 5.84. The predicted molar refractivity (Wildman–Crippen MR) is 81.4 cm³/mol. The van der Waals surface area contributed by atoms with Crippen molar-refractivity contribution in [3.63, 3.8) is 0 Å². The second kappa shape index (κ2) is 8.01. The number of aliphatic hydroxyl groups excluding tert-OH is 1. The zero-order valence-electron chi connectivity index (χ0n) is 13.6. The van der Waals surface area contributed by atoms with E-state index in [0.29, 0.717) is 0 Å². The van der Waals surface area contributed by atoms with Crippen molar-refractivity contribution < 1.29 is 23.5 Å². The van der Waals surface area contributed by atoms with E-state index >= 15 is 0 Å². The molecule has 0 fully saturated rings. The van der Waals surface area contributed by atoms with E-state index in [2.05, 4.69) is 10.6 Å². The third kappa shape index (κ3) is 5.28. The van der Waals surface area contributed by atoms with Crippen LogP contribution in [0.25, 0.3) is 0 Å². The van der Waals surface area contributed by atoms with Crippen molar-refractivity contribution in [3.8, 4) is 0 Å². The number of rotatable bonds is 6. The number of halogens is 2. The number of hydrogen-bond acceptors (Lipinski definition) is 3. The van der Waals surface area contributed by atoms with Crippen LogP contribution in [0.5, 0.6) is 0 Å². The van der Waals surface area contributed by atoms with E-state index in [4.69, 9.17) is 0 Å². The lowest BCUT2D eigenvalue weighted by molar-refractivity contribution is -0.130. The van der Waals surface area contributed by atoms with Gasteiger partial charge in [-0.25, -0.2) is 8.78 Å². The Labute approximate surface area is 134 Å². The first-order valence-corrected chi connectivity index (χ1v) is 7.34. The SMILES string of the molecule is CC(=O)NC(C(=O)NC(C)C(O)c1ccc(F)c(F)c1)C(C)C. The number of hydrogen-bond donors (Lipinski definition) is 3. The molecular formula is C16H22F2N2O3. The highest BCUT2D eigenvalue weighted by atomic mass is 19.2. The van der Waals surface area contributed by atoms with Crippen LogP contribution in [0.1, 0.15) is 39.4 Å². The molecule has 0 aliphatic carbocycles. The Morgan fingerprint density at radius 1 is 1.09 bits per heavy atom. The molecule has 3 atom stereocenters. The van der Waals surface area contributed by atoms with Gasteiger partial charge in [0.05, 0.1) is 12.1 Å². The van der Waals surface area contributed by atoms with Crippen molar-refractivity contribution in [2.24, 2.45) is 5.92 Å². The number of benzene rings is 1. The summed E-state index contributed by atoms with van der Waals surface area (Å²) in [5, 5.41) is 15.3. The van der Waals surface area contributed by atoms with Crippen molar-refractivity contribution in [3.05, 3.63) is 35.4 Å². The van der Waals surface area contributed by atoms with Gasteiger partial charge in [0, 0.05) is 6.92 Å².